The lowest BCUT2D eigenvalue weighted by Gasteiger charge is -2.67. The molecule has 1 heterocycles. The maximum absolute atomic E-state index is 13.4. The summed E-state index contributed by atoms with van der Waals surface area (Å²) >= 11 is 0. The molecule has 4 bridgehead atoms. The maximum atomic E-state index is 13.4. The lowest BCUT2D eigenvalue weighted by atomic mass is 9.47. The Morgan fingerprint density at radius 1 is 1.00 bits per heavy atom. The summed E-state index contributed by atoms with van der Waals surface area (Å²) in [6.07, 6.45) is 4.38. The van der Waals surface area contributed by atoms with E-state index >= 15 is 0 Å². The fourth-order valence-corrected chi connectivity index (χ4v) is 7.42. The highest BCUT2D eigenvalue weighted by molar-refractivity contribution is 6.03. The number of nitrogens with zero attached hydrogens (tertiary/aromatic N) is 2. The first kappa shape index (κ1) is 18.2. The van der Waals surface area contributed by atoms with E-state index in [1.54, 1.807) is 0 Å². The molecule has 2 aromatic carbocycles. The van der Waals surface area contributed by atoms with Crippen molar-refractivity contribution in [3.8, 4) is 0 Å². The third-order valence-electron chi connectivity index (χ3n) is 8.43. The quantitative estimate of drug-likeness (QED) is 0.820. The van der Waals surface area contributed by atoms with Gasteiger partial charge in [-0.3, -0.25) is 14.6 Å². The molecule has 4 aliphatic carbocycles. The fraction of sp³-hybridized carbons (Fsp3) is 0.520. The van der Waals surface area contributed by atoms with Gasteiger partial charge in [-0.1, -0.05) is 36.4 Å². The van der Waals surface area contributed by atoms with Crippen molar-refractivity contribution in [2.45, 2.75) is 57.5 Å². The number of amides is 1. The van der Waals surface area contributed by atoms with Crippen LogP contribution in [0.1, 0.15) is 46.0 Å². The van der Waals surface area contributed by atoms with Crippen LogP contribution in [0.5, 0.6) is 0 Å². The molecule has 0 radical (unpaired) electrons. The van der Waals surface area contributed by atoms with E-state index < -0.39 is 16.9 Å². The maximum Gasteiger partial charge on any atom is 0.309 e. The zero-order chi connectivity index (χ0) is 20.8. The first-order chi connectivity index (χ1) is 14.3. The Hall–Kier alpha value is -2.56. The molecule has 1 amide bonds. The SMILES string of the molecule is CC1(C)C(=O)N(C2[C@@H]3CC4C[C@@H]2CC(C(=O)O)(C4)C3)N1c1cccc2ccccc12. The average Bonchev–Trinajstić information content (AvgIpc) is 2.71. The van der Waals surface area contributed by atoms with Crippen LogP contribution in [0.3, 0.4) is 0 Å². The van der Waals surface area contributed by atoms with Crippen molar-refractivity contribution in [2.75, 3.05) is 5.01 Å². The number of carboxylic acids is 1. The molecule has 7 rings (SSSR count). The first-order valence-corrected chi connectivity index (χ1v) is 11.2. The molecule has 5 heteroatoms. The Morgan fingerprint density at radius 3 is 2.37 bits per heavy atom. The van der Waals surface area contributed by atoms with Crippen LogP contribution < -0.4 is 5.01 Å². The van der Waals surface area contributed by atoms with Gasteiger partial charge in [-0.15, -0.1) is 0 Å². The molecular formula is C25H28N2O3. The van der Waals surface area contributed by atoms with Crippen LogP contribution in [0.2, 0.25) is 0 Å². The van der Waals surface area contributed by atoms with Gasteiger partial charge in [0.1, 0.15) is 5.54 Å². The standard InChI is InChI=1S/C25H28N2O3/c1-24(2)22(28)26(27(24)20-9-5-7-16-6-3-4-8-19(16)20)21-17-10-15-11-18(21)14-25(12-15,13-17)23(29)30/h3-9,15,17-18,21H,10-14H2,1-2H3,(H,29,30)/t15?,17-,18-,21?,25?/m1/s1. The lowest BCUT2D eigenvalue weighted by molar-refractivity contribution is -0.187. The minimum absolute atomic E-state index is 0.119. The van der Waals surface area contributed by atoms with Crippen LogP contribution >= 0.6 is 0 Å². The Balaban J connectivity index is 1.42. The van der Waals surface area contributed by atoms with Crippen molar-refractivity contribution >= 4 is 28.3 Å². The van der Waals surface area contributed by atoms with E-state index in [1.807, 2.05) is 31.0 Å². The van der Waals surface area contributed by atoms with Crippen LogP contribution in [0, 0.1) is 23.2 Å². The van der Waals surface area contributed by atoms with Crippen LogP contribution in [-0.4, -0.2) is 33.6 Å². The largest absolute Gasteiger partial charge is 0.481 e. The Kier molecular flexibility index (Phi) is 3.51. The summed E-state index contributed by atoms with van der Waals surface area (Å²) in [5.74, 6) is 0.610. The second-order valence-electron chi connectivity index (χ2n) is 10.6. The smallest absolute Gasteiger partial charge is 0.309 e. The highest BCUT2D eigenvalue weighted by Gasteiger charge is 2.65. The molecule has 1 N–H and O–H groups in total. The summed E-state index contributed by atoms with van der Waals surface area (Å²) in [7, 11) is 0. The molecule has 4 saturated carbocycles. The molecule has 2 atom stereocenters. The van der Waals surface area contributed by atoms with E-state index in [0.29, 0.717) is 18.8 Å². The summed E-state index contributed by atoms with van der Waals surface area (Å²) in [5, 5.41) is 16.5. The van der Waals surface area contributed by atoms with E-state index in [9.17, 15) is 14.7 Å². The number of carboxylic acid groups (broad SMARTS) is 1. The highest BCUT2D eigenvalue weighted by atomic mass is 16.4. The summed E-state index contributed by atoms with van der Waals surface area (Å²) < 4.78 is 0. The zero-order valence-corrected chi connectivity index (χ0v) is 17.5. The fourth-order valence-electron chi connectivity index (χ4n) is 7.42. The van der Waals surface area contributed by atoms with Gasteiger partial charge in [-0.25, -0.2) is 5.01 Å². The van der Waals surface area contributed by atoms with Crippen molar-refractivity contribution < 1.29 is 14.7 Å². The van der Waals surface area contributed by atoms with E-state index in [4.69, 9.17) is 0 Å². The Morgan fingerprint density at radius 2 is 1.67 bits per heavy atom. The predicted molar refractivity (Wildman–Crippen MR) is 115 cm³/mol. The van der Waals surface area contributed by atoms with E-state index in [1.165, 1.54) is 5.39 Å². The van der Waals surface area contributed by atoms with Gasteiger partial charge in [0.05, 0.1) is 17.1 Å². The third-order valence-corrected chi connectivity index (χ3v) is 8.43. The molecule has 0 unspecified atom stereocenters. The molecule has 5 nitrogen and oxygen atoms in total. The number of hydrogen-bond acceptors (Lipinski definition) is 3. The van der Waals surface area contributed by atoms with Gasteiger partial charge in [-0.2, -0.15) is 0 Å². The number of carbonyl (C=O) groups is 2. The van der Waals surface area contributed by atoms with Crippen molar-refractivity contribution in [3.05, 3.63) is 42.5 Å². The van der Waals surface area contributed by atoms with E-state index in [-0.39, 0.29) is 23.8 Å². The summed E-state index contributed by atoms with van der Waals surface area (Å²) in [6, 6.07) is 14.7. The molecule has 156 valence electrons. The minimum Gasteiger partial charge on any atom is -0.481 e. The Labute approximate surface area is 176 Å². The molecule has 0 spiro atoms. The number of anilines is 1. The molecule has 1 aliphatic heterocycles. The van der Waals surface area contributed by atoms with Gasteiger partial charge in [0, 0.05) is 5.39 Å². The van der Waals surface area contributed by atoms with Crippen molar-refractivity contribution in [2.24, 2.45) is 23.2 Å². The summed E-state index contributed by atoms with van der Waals surface area (Å²) in [4.78, 5) is 25.5. The van der Waals surface area contributed by atoms with Gasteiger partial charge in [0.25, 0.3) is 5.91 Å². The monoisotopic (exact) mass is 404 g/mol. The van der Waals surface area contributed by atoms with Crippen molar-refractivity contribution in [3.63, 3.8) is 0 Å². The summed E-state index contributed by atoms with van der Waals surface area (Å²) in [6.45, 7) is 4.00. The number of benzene rings is 2. The van der Waals surface area contributed by atoms with Crippen LogP contribution in [0.25, 0.3) is 10.8 Å². The van der Waals surface area contributed by atoms with Crippen LogP contribution in [0.4, 0.5) is 5.69 Å². The number of rotatable bonds is 3. The second kappa shape index (κ2) is 5.77. The average molecular weight is 405 g/mol. The van der Waals surface area contributed by atoms with Gasteiger partial charge in [-0.05, 0) is 75.2 Å². The molecule has 2 aromatic rings. The number of aliphatic carboxylic acids is 1. The number of fused-ring (bicyclic) bond motifs is 1. The third kappa shape index (κ3) is 2.18. The van der Waals surface area contributed by atoms with Gasteiger partial charge in [0.15, 0.2) is 0 Å². The molecule has 1 saturated heterocycles. The van der Waals surface area contributed by atoms with Gasteiger partial charge < -0.3 is 5.11 Å². The second-order valence-corrected chi connectivity index (χ2v) is 10.6. The normalized spacial score (nSPS) is 36.3. The molecule has 5 aliphatic rings. The van der Waals surface area contributed by atoms with Gasteiger partial charge in [0.2, 0.25) is 0 Å². The van der Waals surface area contributed by atoms with Crippen LogP contribution in [0.15, 0.2) is 42.5 Å². The first-order valence-electron chi connectivity index (χ1n) is 11.2. The van der Waals surface area contributed by atoms with E-state index in [2.05, 4.69) is 35.3 Å². The topological polar surface area (TPSA) is 60.9 Å². The molecular weight excluding hydrogens is 376 g/mol. The Bertz CT molecular complexity index is 1060. The van der Waals surface area contributed by atoms with Crippen LogP contribution in [-0.2, 0) is 9.59 Å². The zero-order valence-electron chi connectivity index (χ0n) is 17.5. The predicted octanol–water partition coefficient (Wildman–Crippen LogP) is 4.46. The number of hydrogen-bond donors (Lipinski definition) is 1. The number of hydrazine groups is 1. The van der Waals surface area contributed by atoms with Gasteiger partial charge >= 0.3 is 5.97 Å². The van der Waals surface area contributed by atoms with E-state index in [0.717, 1.165) is 30.3 Å². The molecule has 30 heavy (non-hydrogen) atoms. The number of carbonyl (C=O) groups excluding carboxylic acids is 1. The van der Waals surface area contributed by atoms with Crippen molar-refractivity contribution in [1.29, 1.82) is 0 Å². The molecule has 5 fully saturated rings. The van der Waals surface area contributed by atoms with Crippen molar-refractivity contribution in [1.82, 2.24) is 5.01 Å². The highest BCUT2D eigenvalue weighted by Crippen LogP contribution is 2.62. The minimum atomic E-state index is -0.624. The lowest BCUT2D eigenvalue weighted by Crippen LogP contribution is -2.80. The summed E-state index contributed by atoms with van der Waals surface area (Å²) in [5.41, 5.74) is -0.0799. The molecule has 0 aromatic heterocycles.